The number of likely N-dealkylation sites (N-methyl/N-ethyl adjacent to an activating group) is 1. The fourth-order valence-corrected chi connectivity index (χ4v) is 11.9. The predicted molar refractivity (Wildman–Crippen MR) is 362 cm³/mol. The lowest BCUT2D eigenvalue weighted by Gasteiger charge is -2.30. The molecule has 0 heterocycles. The van der Waals surface area contributed by atoms with Gasteiger partial charge in [-0.1, -0.05) is 358 Å². The van der Waals surface area contributed by atoms with Gasteiger partial charge in [-0.05, 0) is 51.4 Å². The molecule has 0 bridgehead atoms. The Morgan fingerprint density at radius 2 is 0.735 bits per heavy atom. The minimum atomic E-state index is -4.58. The van der Waals surface area contributed by atoms with Gasteiger partial charge in [-0.15, -0.1) is 0 Å². The Kier molecular flexibility index (Phi) is 63.7. The number of amides is 1. The van der Waals surface area contributed by atoms with Gasteiger partial charge in [0.05, 0.1) is 39.9 Å². The second-order valence-electron chi connectivity index (χ2n) is 26.3. The molecule has 83 heavy (non-hydrogen) atoms. The van der Waals surface area contributed by atoms with E-state index in [1.54, 1.807) is 0 Å². The Balaban J connectivity index is 3.94. The van der Waals surface area contributed by atoms with Gasteiger partial charge < -0.3 is 28.8 Å². The predicted octanol–water partition coefficient (Wildman–Crippen LogP) is 22.8. The Hall–Kier alpha value is -1.54. The van der Waals surface area contributed by atoms with Crippen LogP contribution in [0.2, 0.25) is 0 Å². The van der Waals surface area contributed by atoms with Crippen LogP contribution in [0.5, 0.6) is 0 Å². The molecule has 0 aromatic heterocycles. The number of unbranched alkanes of at least 4 members (excludes halogenated alkanes) is 47. The maximum Gasteiger partial charge on any atom is 0.268 e. The highest BCUT2D eigenvalue weighted by Crippen LogP contribution is 2.38. The van der Waals surface area contributed by atoms with Crippen molar-refractivity contribution >= 4 is 13.7 Å². The van der Waals surface area contributed by atoms with Gasteiger partial charge in [0, 0.05) is 6.42 Å². The molecule has 9 heteroatoms. The maximum atomic E-state index is 13.1. The Bertz CT molecular complexity index is 1490. The largest absolute Gasteiger partial charge is 0.756 e. The summed E-state index contributed by atoms with van der Waals surface area (Å²) in [5.41, 5.74) is 0. The SMILES string of the molecule is CC/C=C\C/C=C\C/C=C\C/C=C\CCCCCCCCCCCCCCCCCCCCCCCCCCC(=O)NC(COP(=O)([O-])OCC[N+](C)(C)C)C(O)CCCCCCCCCCCCCCCCCCCCCCCCCC. The highest BCUT2D eigenvalue weighted by molar-refractivity contribution is 7.45. The van der Waals surface area contributed by atoms with Crippen LogP contribution >= 0.6 is 7.82 Å². The van der Waals surface area contributed by atoms with E-state index in [2.05, 4.69) is 67.8 Å². The van der Waals surface area contributed by atoms with Gasteiger partial charge in [0.25, 0.3) is 7.82 Å². The van der Waals surface area contributed by atoms with Gasteiger partial charge in [-0.2, -0.15) is 0 Å². The number of hydrogen-bond acceptors (Lipinski definition) is 6. The van der Waals surface area contributed by atoms with E-state index in [4.69, 9.17) is 9.05 Å². The van der Waals surface area contributed by atoms with Crippen molar-refractivity contribution in [1.29, 1.82) is 0 Å². The molecule has 0 fully saturated rings. The van der Waals surface area contributed by atoms with Crippen LogP contribution in [0.3, 0.4) is 0 Å². The first-order valence-electron chi connectivity index (χ1n) is 36.5. The molecule has 0 aromatic rings. The first-order valence-corrected chi connectivity index (χ1v) is 37.9. The summed E-state index contributed by atoms with van der Waals surface area (Å²) in [6.07, 6.45) is 87.7. The number of aliphatic hydroxyl groups is 1. The second kappa shape index (κ2) is 64.9. The zero-order valence-electron chi connectivity index (χ0n) is 56.2. The molecule has 0 aromatic carbocycles. The van der Waals surface area contributed by atoms with E-state index in [9.17, 15) is 19.4 Å². The van der Waals surface area contributed by atoms with Crippen LogP contribution < -0.4 is 10.2 Å². The van der Waals surface area contributed by atoms with Crippen LogP contribution in [0, 0.1) is 0 Å². The molecule has 2 N–H and O–H groups in total. The lowest BCUT2D eigenvalue weighted by molar-refractivity contribution is -0.870. The highest BCUT2D eigenvalue weighted by atomic mass is 31.2. The molecule has 490 valence electrons. The number of phosphoric ester groups is 1. The van der Waals surface area contributed by atoms with E-state index in [0.717, 1.165) is 64.2 Å². The topological polar surface area (TPSA) is 108 Å². The highest BCUT2D eigenvalue weighted by Gasteiger charge is 2.24. The third-order valence-corrected chi connectivity index (χ3v) is 17.8. The summed E-state index contributed by atoms with van der Waals surface area (Å²) in [6.45, 7) is 4.67. The lowest BCUT2D eigenvalue weighted by atomic mass is 10.0. The minimum absolute atomic E-state index is 0.0145. The number of quaternary nitrogens is 1. The molecule has 0 aliphatic heterocycles. The number of carbonyl (C=O) groups is 1. The number of nitrogens with one attached hydrogen (secondary N) is 1. The summed E-state index contributed by atoms with van der Waals surface area (Å²) >= 11 is 0. The zero-order chi connectivity index (χ0) is 60.5. The average Bonchev–Trinajstić information content (AvgIpc) is 3.50. The van der Waals surface area contributed by atoms with Crippen molar-refractivity contribution in [3.63, 3.8) is 0 Å². The van der Waals surface area contributed by atoms with Crippen molar-refractivity contribution in [2.75, 3.05) is 40.9 Å². The van der Waals surface area contributed by atoms with Gasteiger partial charge >= 0.3 is 0 Å². The third kappa shape index (κ3) is 67.8. The van der Waals surface area contributed by atoms with Crippen LogP contribution in [0.1, 0.15) is 367 Å². The molecule has 3 atom stereocenters. The molecule has 8 nitrogen and oxygen atoms in total. The van der Waals surface area contributed by atoms with Gasteiger partial charge in [0.15, 0.2) is 0 Å². The van der Waals surface area contributed by atoms with E-state index in [1.165, 1.54) is 276 Å². The fraction of sp³-hybridized carbons (Fsp3) is 0.878. The summed E-state index contributed by atoms with van der Waals surface area (Å²) in [5, 5.41) is 14.1. The van der Waals surface area contributed by atoms with Gasteiger partial charge in [0.1, 0.15) is 13.2 Å². The van der Waals surface area contributed by atoms with Gasteiger partial charge in [-0.3, -0.25) is 9.36 Å². The molecular formula is C74H143N2O6P. The van der Waals surface area contributed by atoms with Crippen molar-refractivity contribution in [3.8, 4) is 0 Å². The van der Waals surface area contributed by atoms with Crippen molar-refractivity contribution in [1.82, 2.24) is 5.32 Å². The molecule has 1 amide bonds. The maximum absolute atomic E-state index is 13.1. The van der Waals surface area contributed by atoms with E-state index < -0.39 is 20.0 Å². The normalized spacial score (nSPS) is 13.9. The molecule has 0 radical (unpaired) electrons. The molecule has 0 saturated heterocycles. The number of phosphoric acid groups is 1. The summed E-state index contributed by atoms with van der Waals surface area (Å²) in [6, 6.07) is -0.800. The van der Waals surface area contributed by atoms with E-state index >= 15 is 0 Å². The van der Waals surface area contributed by atoms with Crippen molar-refractivity contribution in [2.45, 2.75) is 379 Å². The van der Waals surface area contributed by atoms with Crippen molar-refractivity contribution in [3.05, 3.63) is 48.6 Å². The molecule has 0 aliphatic rings. The molecule has 0 aliphatic carbocycles. The third-order valence-electron chi connectivity index (χ3n) is 16.8. The molecular weight excluding hydrogens is 1040 g/mol. The van der Waals surface area contributed by atoms with Crippen molar-refractivity contribution in [2.24, 2.45) is 0 Å². The van der Waals surface area contributed by atoms with Crippen molar-refractivity contribution < 1.29 is 32.9 Å². The standard InChI is InChI=1S/C74H143N2O6P/c1-6-8-10-12-14-16-18-20-22-24-26-28-30-32-33-34-35-36-37-38-39-40-41-42-43-44-46-48-50-52-54-56-58-60-62-64-66-68-74(78)75-72(71-82-83(79,80)81-70-69-76(3,4)5)73(77)67-65-63-61-59-57-55-53-51-49-47-45-31-29-27-25-23-21-19-17-15-13-11-9-7-2/h8,10,14,16,20,22,26,28,72-73,77H,6-7,9,11-13,15,17-19,21,23-25,27,29-71H2,1-5H3,(H-,75,78,79,80)/b10-8-,16-14-,22-20-,28-26-. The lowest BCUT2D eigenvalue weighted by Crippen LogP contribution is -2.46. The minimum Gasteiger partial charge on any atom is -0.756 e. The van der Waals surface area contributed by atoms with Crippen LogP contribution in [0.4, 0.5) is 0 Å². The Morgan fingerprint density at radius 3 is 1.07 bits per heavy atom. The van der Waals surface area contributed by atoms with Crippen LogP contribution in [-0.2, 0) is 18.4 Å². The summed E-state index contributed by atoms with van der Waals surface area (Å²) in [4.78, 5) is 25.7. The van der Waals surface area contributed by atoms with E-state index in [0.29, 0.717) is 23.9 Å². The monoisotopic (exact) mass is 1190 g/mol. The van der Waals surface area contributed by atoms with Crippen LogP contribution in [0.15, 0.2) is 48.6 Å². The number of nitrogens with zero attached hydrogens (tertiary/aromatic N) is 1. The van der Waals surface area contributed by atoms with E-state index in [1.807, 2.05) is 21.1 Å². The quantitative estimate of drug-likeness (QED) is 0.0272. The summed E-state index contributed by atoms with van der Waals surface area (Å²) in [5.74, 6) is -0.156. The first kappa shape index (κ1) is 81.5. The number of carbonyl (C=O) groups excluding carboxylic acids is 1. The number of allylic oxidation sites excluding steroid dienone is 8. The van der Waals surface area contributed by atoms with E-state index in [-0.39, 0.29) is 19.1 Å². The summed E-state index contributed by atoms with van der Waals surface area (Å²) in [7, 11) is 1.32. The molecule has 0 rings (SSSR count). The smallest absolute Gasteiger partial charge is 0.268 e. The second-order valence-corrected chi connectivity index (χ2v) is 27.7. The Labute approximate surface area is 518 Å². The molecule has 3 unspecified atom stereocenters. The fourth-order valence-electron chi connectivity index (χ4n) is 11.2. The first-order chi connectivity index (χ1) is 40.5. The zero-order valence-corrected chi connectivity index (χ0v) is 57.1. The Morgan fingerprint density at radius 1 is 0.434 bits per heavy atom. The number of rotatable bonds is 68. The van der Waals surface area contributed by atoms with Crippen LogP contribution in [-0.4, -0.2) is 68.5 Å². The number of hydrogen-bond donors (Lipinski definition) is 2. The average molecular weight is 1190 g/mol. The van der Waals surface area contributed by atoms with Gasteiger partial charge in [-0.25, -0.2) is 0 Å². The summed E-state index contributed by atoms with van der Waals surface area (Å²) < 4.78 is 23.6. The van der Waals surface area contributed by atoms with Crippen LogP contribution in [0.25, 0.3) is 0 Å². The van der Waals surface area contributed by atoms with Gasteiger partial charge in [0.2, 0.25) is 5.91 Å². The molecule has 0 saturated carbocycles. The number of aliphatic hydroxyl groups excluding tert-OH is 1. The molecule has 0 spiro atoms.